The monoisotopic (exact) mass is 215 g/mol. The second kappa shape index (κ2) is 6.46. The molecule has 0 saturated heterocycles. The highest BCUT2D eigenvalue weighted by molar-refractivity contribution is 6.31. The summed E-state index contributed by atoms with van der Waals surface area (Å²) in [5, 5.41) is 3.19. The lowest BCUT2D eigenvalue weighted by molar-refractivity contribution is 1.19. The Morgan fingerprint density at radius 2 is 1.82 bits per heavy atom. The van der Waals surface area contributed by atoms with Crippen LogP contribution in [0.5, 0.6) is 0 Å². The minimum Gasteiger partial charge on any atom is -0.371 e. The molecule has 11 heavy (non-hydrogen) atoms. The Morgan fingerprint density at radius 1 is 1.27 bits per heavy atom. The number of anilines is 1. The van der Waals surface area contributed by atoms with Gasteiger partial charge in [-0.1, -0.05) is 11.6 Å². The molecule has 6 heteroatoms. The summed E-state index contributed by atoms with van der Waals surface area (Å²) >= 11 is 5.59. The molecule has 0 saturated carbocycles. The van der Waals surface area contributed by atoms with Gasteiger partial charge in [-0.05, 0) is 0 Å². The van der Waals surface area contributed by atoms with Crippen molar-refractivity contribution in [1.82, 2.24) is 9.97 Å². The van der Waals surface area contributed by atoms with Crippen LogP contribution in [-0.4, -0.2) is 17.0 Å². The average molecular weight is 216 g/mol. The molecule has 0 aliphatic carbocycles. The molecule has 1 rings (SSSR count). The van der Waals surface area contributed by atoms with Gasteiger partial charge in [0.05, 0.1) is 0 Å². The number of halogens is 3. The third kappa shape index (κ3) is 3.60. The fraction of sp³-hybridized carbons (Fsp3) is 0.200. The summed E-state index contributed by atoms with van der Waals surface area (Å²) in [7, 11) is 1.75. The van der Waals surface area contributed by atoms with Crippen LogP contribution >= 0.6 is 36.4 Å². The van der Waals surface area contributed by atoms with Crippen molar-refractivity contribution in [2.45, 2.75) is 0 Å². The van der Waals surface area contributed by atoms with E-state index in [1.807, 2.05) is 0 Å². The summed E-state index contributed by atoms with van der Waals surface area (Å²) in [6, 6.07) is 0. The van der Waals surface area contributed by atoms with E-state index in [1.165, 1.54) is 0 Å². The van der Waals surface area contributed by atoms with Gasteiger partial charge < -0.3 is 5.32 Å². The zero-order valence-corrected chi connectivity index (χ0v) is 8.13. The third-order valence-corrected chi connectivity index (χ3v) is 1.17. The molecule has 0 aliphatic heterocycles. The highest BCUT2D eigenvalue weighted by Gasteiger charge is 1.95. The second-order valence-corrected chi connectivity index (χ2v) is 1.80. The number of rotatable bonds is 1. The van der Waals surface area contributed by atoms with Crippen molar-refractivity contribution in [3.63, 3.8) is 0 Å². The van der Waals surface area contributed by atoms with Gasteiger partial charge in [-0.25, -0.2) is 9.97 Å². The molecule has 0 radical (unpaired) electrons. The van der Waals surface area contributed by atoms with Gasteiger partial charge in [0.1, 0.15) is 0 Å². The molecule has 1 heterocycles. The van der Waals surface area contributed by atoms with Crippen LogP contribution in [0, 0.1) is 0 Å². The molecule has 0 unspecified atom stereocenters. The van der Waals surface area contributed by atoms with Crippen molar-refractivity contribution in [2.24, 2.45) is 0 Å². The molecule has 1 aromatic heterocycles. The molecular weight excluding hydrogens is 208 g/mol. The normalized spacial score (nSPS) is 7.45. The summed E-state index contributed by atoms with van der Waals surface area (Å²) < 4.78 is 0. The van der Waals surface area contributed by atoms with Crippen LogP contribution in [0.3, 0.4) is 0 Å². The SMILES string of the molecule is CNc1nccnc1Cl.Cl.Cl. The molecule has 64 valence electrons. The van der Waals surface area contributed by atoms with Crippen molar-refractivity contribution in [3.8, 4) is 0 Å². The van der Waals surface area contributed by atoms with E-state index >= 15 is 0 Å². The van der Waals surface area contributed by atoms with Crippen molar-refractivity contribution in [3.05, 3.63) is 17.5 Å². The van der Waals surface area contributed by atoms with E-state index in [4.69, 9.17) is 11.6 Å². The van der Waals surface area contributed by atoms with Crippen LogP contribution in [0.15, 0.2) is 12.4 Å². The molecule has 3 nitrogen and oxygen atoms in total. The molecule has 0 fully saturated rings. The Bertz CT molecular complexity index is 206. The lowest BCUT2D eigenvalue weighted by atomic mass is 10.7. The summed E-state index contributed by atoms with van der Waals surface area (Å²) in [5.41, 5.74) is 0. The Kier molecular flexibility index (Phi) is 7.84. The quantitative estimate of drug-likeness (QED) is 0.780. The van der Waals surface area contributed by atoms with Crippen LogP contribution in [-0.2, 0) is 0 Å². The molecule has 0 aliphatic rings. The molecule has 0 spiro atoms. The van der Waals surface area contributed by atoms with Gasteiger partial charge in [0.25, 0.3) is 0 Å². The van der Waals surface area contributed by atoms with E-state index < -0.39 is 0 Å². The van der Waals surface area contributed by atoms with Crippen LogP contribution in [0.4, 0.5) is 5.82 Å². The maximum atomic E-state index is 5.59. The predicted molar refractivity (Wildman–Crippen MR) is 51.1 cm³/mol. The number of nitrogens with one attached hydrogen (secondary N) is 1. The van der Waals surface area contributed by atoms with Crippen LogP contribution in [0.25, 0.3) is 0 Å². The number of aromatic nitrogens is 2. The predicted octanol–water partition coefficient (Wildman–Crippen LogP) is 2.02. The van der Waals surface area contributed by atoms with Crippen LogP contribution < -0.4 is 5.32 Å². The smallest absolute Gasteiger partial charge is 0.171 e. The van der Waals surface area contributed by atoms with E-state index in [0.29, 0.717) is 11.0 Å². The maximum absolute atomic E-state index is 5.59. The Morgan fingerprint density at radius 3 is 2.18 bits per heavy atom. The van der Waals surface area contributed by atoms with E-state index in [0.717, 1.165) is 0 Å². The van der Waals surface area contributed by atoms with E-state index in [2.05, 4.69) is 15.3 Å². The topological polar surface area (TPSA) is 37.8 Å². The fourth-order valence-corrected chi connectivity index (χ4v) is 0.688. The minimum absolute atomic E-state index is 0. The first-order valence-corrected chi connectivity index (χ1v) is 2.86. The lowest BCUT2D eigenvalue weighted by Gasteiger charge is -1.96. The summed E-state index contributed by atoms with van der Waals surface area (Å²) in [5.74, 6) is 0.610. The van der Waals surface area contributed by atoms with Crippen molar-refractivity contribution < 1.29 is 0 Å². The summed E-state index contributed by atoms with van der Waals surface area (Å²) in [6.07, 6.45) is 3.13. The third-order valence-electron chi connectivity index (χ3n) is 0.890. The highest BCUT2D eigenvalue weighted by atomic mass is 35.5. The number of nitrogens with zero attached hydrogens (tertiary/aromatic N) is 2. The van der Waals surface area contributed by atoms with Gasteiger partial charge in [0, 0.05) is 19.4 Å². The first kappa shape index (κ1) is 13.3. The van der Waals surface area contributed by atoms with Crippen molar-refractivity contribution >= 4 is 42.2 Å². The van der Waals surface area contributed by atoms with Crippen molar-refractivity contribution in [2.75, 3.05) is 12.4 Å². The van der Waals surface area contributed by atoms with Gasteiger partial charge >= 0.3 is 0 Å². The zero-order valence-electron chi connectivity index (χ0n) is 5.74. The first-order chi connectivity index (χ1) is 4.34. The number of hydrogen-bond donors (Lipinski definition) is 1. The standard InChI is InChI=1S/C5H6ClN3.2ClH/c1-7-5-4(6)8-2-3-9-5;;/h2-3H,1H3,(H,7,9);2*1H. The largest absolute Gasteiger partial charge is 0.371 e. The van der Waals surface area contributed by atoms with E-state index in [-0.39, 0.29) is 24.8 Å². The molecular formula is C5H8Cl3N3. The Hall–Kier alpha value is -0.250. The van der Waals surface area contributed by atoms with Crippen LogP contribution in [0.2, 0.25) is 5.15 Å². The van der Waals surface area contributed by atoms with Crippen LogP contribution in [0.1, 0.15) is 0 Å². The molecule has 1 aromatic rings. The lowest BCUT2D eigenvalue weighted by Crippen LogP contribution is -1.93. The Balaban J connectivity index is 0. The highest BCUT2D eigenvalue weighted by Crippen LogP contribution is 2.11. The molecule has 1 N–H and O–H groups in total. The zero-order chi connectivity index (χ0) is 6.69. The Labute approximate surface area is 82.4 Å². The fourth-order valence-electron chi connectivity index (χ4n) is 0.489. The first-order valence-electron chi connectivity index (χ1n) is 2.49. The maximum Gasteiger partial charge on any atom is 0.171 e. The van der Waals surface area contributed by atoms with Gasteiger partial charge in [0.15, 0.2) is 11.0 Å². The van der Waals surface area contributed by atoms with E-state index in [9.17, 15) is 0 Å². The van der Waals surface area contributed by atoms with Crippen molar-refractivity contribution in [1.29, 1.82) is 0 Å². The van der Waals surface area contributed by atoms with Gasteiger partial charge in [-0.15, -0.1) is 24.8 Å². The molecule has 0 aromatic carbocycles. The van der Waals surface area contributed by atoms with Gasteiger partial charge in [0.2, 0.25) is 0 Å². The van der Waals surface area contributed by atoms with Gasteiger partial charge in [-0.2, -0.15) is 0 Å². The average Bonchev–Trinajstić information content (AvgIpc) is 1.89. The minimum atomic E-state index is 0. The van der Waals surface area contributed by atoms with E-state index in [1.54, 1.807) is 19.4 Å². The second-order valence-electron chi connectivity index (χ2n) is 1.45. The van der Waals surface area contributed by atoms with Gasteiger partial charge in [-0.3, -0.25) is 0 Å². The number of hydrogen-bond acceptors (Lipinski definition) is 3. The summed E-state index contributed by atoms with van der Waals surface area (Å²) in [4.78, 5) is 7.68. The molecule has 0 atom stereocenters. The molecule has 0 bridgehead atoms. The molecule has 0 amide bonds. The summed E-state index contributed by atoms with van der Waals surface area (Å²) in [6.45, 7) is 0.